The molecule has 0 N–H and O–H groups in total. The Morgan fingerprint density at radius 3 is 2.95 bits per heavy atom. The van der Waals surface area contributed by atoms with Crippen molar-refractivity contribution in [2.45, 2.75) is 25.3 Å². The molecule has 4 rings (SSSR count). The van der Waals surface area contributed by atoms with E-state index in [4.69, 9.17) is 0 Å². The summed E-state index contributed by atoms with van der Waals surface area (Å²) in [6.45, 7) is 3.34. The summed E-state index contributed by atoms with van der Waals surface area (Å²) in [5.41, 5.74) is 2.75. The minimum atomic E-state index is 0.665. The molecule has 0 amide bonds. The Hall–Kier alpha value is -1.72. The fourth-order valence-electron chi connectivity index (χ4n) is 3.17. The molecule has 0 atom stereocenters. The zero-order valence-corrected chi connectivity index (χ0v) is 12.7. The van der Waals surface area contributed by atoms with Crippen molar-refractivity contribution in [2.24, 2.45) is 0 Å². The minimum Gasteiger partial charge on any atom is -0.299 e. The molecule has 5 heteroatoms. The SMILES string of the molecule is c1cncc(CN2CCC(c3csc4nccn34)CC2)c1. The minimum absolute atomic E-state index is 0.665. The number of thiazole rings is 1. The maximum Gasteiger partial charge on any atom is 0.193 e. The summed E-state index contributed by atoms with van der Waals surface area (Å²) in [7, 11) is 0. The van der Waals surface area contributed by atoms with Gasteiger partial charge in [0.15, 0.2) is 4.96 Å². The lowest BCUT2D eigenvalue weighted by Crippen LogP contribution is -2.32. The second kappa shape index (κ2) is 5.58. The van der Waals surface area contributed by atoms with Crippen molar-refractivity contribution >= 4 is 16.3 Å². The van der Waals surface area contributed by atoms with Crippen LogP contribution in [0.5, 0.6) is 0 Å². The molecule has 1 fully saturated rings. The van der Waals surface area contributed by atoms with Crippen LogP contribution in [0.3, 0.4) is 0 Å². The van der Waals surface area contributed by atoms with E-state index < -0.39 is 0 Å². The molecule has 0 bridgehead atoms. The molecule has 4 nitrogen and oxygen atoms in total. The number of nitrogens with zero attached hydrogens (tertiary/aromatic N) is 4. The molecule has 1 aliphatic heterocycles. The van der Waals surface area contributed by atoms with Gasteiger partial charge in [0.25, 0.3) is 0 Å². The highest BCUT2D eigenvalue weighted by molar-refractivity contribution is 7.15. The first-order valence-corrected chi connectivity index (χ1v) is 8.30. The molecular formula is C16H18N4S. The van der Waals surface area contributed by atoms with Crippen LogP contribution < -0.4 is 0 Å². The number of aromatic nitrogens is 3. The van der Waals surface area contributed by atoms with Crippen molar-refractivity contribution in [3.05, 3.63) is 53.6 Å². The van der Waals surface area contributed by atoms with Crippen LogP contribution in [-0.4, -0.2) is 32.4 Å². The summed E-state index contributed by atoms with van der Waals surface area (Å²) >= 11 is 1.75. The summed E-state index contributed by atoms with van der Waals surface area (Å²) in [4.78, 5) is 12.2. The van der Waals surface area contributed by atoms with E-state index >= 15 is 0 Å². The predicted molar refractivity (Wildman–Crippen MR) is 84.6 cm³/mol. The molecule has 0 unspecified atom stereocenters. The van der Waals surface area contributed by atoms with E-state index in [-0.39, 0.29) is 0 Å². The van der Waals surface area contributed by atoms with Gasteiger partial charge in [-0.1, -0.05) is 6.07 Å². The number of imidazole rings is 1. The summed E-state index contributed by atoms with van der Waals surface area (Å²) in [6, 6.07) is 4.18. The molecular weight excluding hydrogens is 280 g/mol. The van der Waals surface area contributed by atoms with Gasteiger partial charge in [0.2, 0.25) is 0 Å². The number of likely N-dealkylation sites (tertiary alicyclic amines) is 1. The quantitative estimate of drug-likeness (QED) is 0.744. The molecule has 21 heavy (non-hydrogen) atoms. The van der Waals surface area contributed by atoms with Crippen molar-refractivity contribution in [1.29, 1.82) is 0 Å². The van der Waals surface area contributed by atoms with Crippen LogP contribution in [0, 0.1) is 0 Å². The smallest absolute Gasteiger partial charge is 0.193 e. The van der Waals surface area contributed by atoms with Crippen molar-refractivity contribution in [3.63, 3.8) is 0 Å². The van der Waals surface area contributed by atoms with E-state index in [1.54, 1.807) is 11.3 Å². The molecule has 0 spiro atoms. The third-order valence-corrected chi connectivity index (χ3v) is 5.18. The van der Waals surface area contributed by atoms with E-state index in [0.717, 1.165) is 24.6 Å². The maximum atomic E-state index is 4.37. The van der Waals surface area contributed by atoms with Crippen LogP contribution in [0.15, 0.2) is 42.3 Å². The molecule has 0 saturated carbocycles. The third kappa shape index (κ3) is 2.59. The van der Waals surface area contributed by atoms with Crippen LogP contribution in [0.25, 0.3) is 4.96 Å². The number of fused-ring (bicyclic) bond motifs is 1. The van der Waals surface area contributed by atoms with Gasteiger partial charge in [-0.15, -0.1) is 11.3 Å². The van der Waals surface area contributed by atoms with Gasteiger partial charge in [-0.05, 0) is 37.6 Å². The van der Waals surface area contributed by atoms with E-state index in [9.17, 15) is 0 Å². The van der Waals surface area contributed by atoms with Crippen LogP contribution in [0.2, 0.25) is 0 Å². The monoisotopic (exact) mass is 298 g/mol. The topological polar surface area (TPSA) is 33.4 Å². The summed E-state index contributed by atoms with van der Waals surface area (Å²) < 4.78 is 2.26. The Morgan fingerprint density at radius 2 is 2.14 bits per heavy atom. The number of pyridine rings is 1. The second-order valence-corrected chi connectivity index (χ2v) is 6.49. The Labute approximate surface area is 128 Å². The van der Waals surface area contributed by atoms with Crippen LogP contribution >= 0.6 is 11.3 Å². The highest BCUT2D eigenvalue weighted by atomic mass is 32.1. The fraction of sp³-hybridized carbons (Fsp3) is 0.375. The number of piperidine rings is 1. The average Bonchev–Trinajstić information content (AvgIpc) is 3.12. The zero-order chi connectivity index (χ0) is 14.1. The lowest BCUT2D eigenvalue weighted by atomic mass is 9.94. The van der Waals surface area contributed by atoms with Crippen molar-refractivity contribution in [3.8, 4) is 0 Å². The van der Waals surface area contributed by atoms with Gasteiger partial charge < -0.3 is 0 Å². The Balaban J connectivity index is 1.42. The van der Waals surface area contributed by atoms with Gasteiger partial charge in [0.05, 0.1) is 0 Å². The highest BCUT2D eigenvalue weighted by Crippen LogP contribution is 2.31. The first kappa shape index (κ1) is 13.0. The number of hydrogen-bond donors (Lipinski definition) is 0. The van der Waals surface area contributed by atoms with Crippen molar-refractivity contribution in [1.82, 2.24) is 19.3 Å². The molecule has 1 saturated heterocycles. The van der Waals surface area contributed by atoms with Crippen molar-refractivity contribution < 1.29 is 0 Å². The summed E-state index contributed by atoms with van der Waals surface area (Å²) in [5.74, 6) is 0.665. The lowest BCUT2D eigenvalue weighted by Gasteiger charge is -2.31. The average molecular weight is 298 g/mol. The first-order chi connectivity index (χ1) is 10.4. The molecule has 0 radical (unpaired) electrons. The maximum absolute atomic E-state index is 4.37. The Bertz CT molecular complexity index is 710. The number of hydrogen-bond acceptors (Lipinski definition) is 4. The molecule has 108 valence electrons. The molecule has 1 aliphatic rings. The van der Waals surface area contributed by atoms with E-state index in [1.807, 2.05) is 24.7 Å². The van der Waals surface area contributed by atoms with Gasteiger partial charge in [-0.3, -0.25) is 14.3 Å². The van der Waals surface area contributed by atoms with E-state index in [2.05, 4.69) is 36.9 Å². The standard InChI is InChI=1S/C16H18N4S/c1-2-13(10-17-5-1)11-19-7-3-14(4-8-19)15-12-21-16-18-6-9-20(15)16/h1-2,5-6,9-10,12,14H,3-4,7-8,11H2. The largest absolute Gasteiger partial charge is 0.299 e. The highest BCUT2D eigenvalue weighted by Gasteiger charge is 2.23. The summed E-state index contributed by atoms with van der Waals surface area (Å²) in [5, 5.41) is 2.28. The predicted octanol–water partition coefficient (Wildman–Crippen LogP) is 3.17. The molecule has 3 aromatic rings. The lowest BCUT2D eigenvalue weighted by molar-refractivity contribution is 0.203. The molecule has 0 aliphatic carbocycles. The van der Waals surface area contributed by atoms with Crippen LogP contribution in [0.1, 0.15) is 30.0 Å². The van der Waals surface area contributed by atoms with Gasteiger partial charge in [-0.2, -0.15) is 0 Å². The Morgan fingerprint density at radius 1 is 1.24 bits per heavy atom. The zero-order valence-electron chi connectivity index (χ0n) is 11.9. The van der Waals surface area contributed by atoms with Gasteiger partial charge in [0, 0.05) is 48.3 Å². The van der Waals surface area contributed by atoms with E-state index in [0.29, 0.717) is 5.92 Å². The first-order valence-electron chi connectivity index (χ1n) is 7.42. The normalized spacial score (nSPS) is 17.5. The van der Waals surface area contributed by atoms with Gasteiger partial charge in [0.1, 0.15) is 0 Å². The molecule has 0 aromatic carbocycles. The van der Waals surface area contributed by atoms with Gasteiger partial charge in [-0.25, -0.2) is 4.98 Å². The third-order valence-electron chi connectivity index (χ3n) is 4.30. The number of rotatable bonds is 3. The second-order valence-electron chi connectivity index (χ2n) is 5.65. The van der Waals surface area contributed by atoms with Crippen LogP contribution in [0.4, 0.5) is 0 Å². The van der Waals surface area contributed by atoms with Crippen LogP contribution in [-0.2, 0) is 6.54 Å². The fourth-order valence-corrected chi connectivity index (χ4v) is 4.11. The van der Waals surface area contributed by atoms with E-state index in [1.165, 1.54) is 24.1 Å². The molecule has 3 aromatic heterocycles. The summed E-state index contributed by atoms with van der Waals surface area (Å²) in [6.07, 6.45) is 10.2. The van der Waals surface area contributed by atoms with Gasteiger partial charge >= 0.3 is 0 Å². The molecule has 4 heterocycles. The van der Waals surface area contributed by atoms with Crippen molar-refractivity contribution in [2.75, 3.05) is 13.1 Å². The Kier molecular flexibility index (Phi) is 3.45.